The first-order valence-corrected chi connectivity index (χ1v) is 9.57. The second kappa shape index (κ2) is 9.37. The smallest absolute Gasteiger partial charge is 0.254 e. The molecule has 0 spiro atoms. The second-order valence-electron chi connectivity index (χ2n) is 7.05. The zero-order valence-corrected chi connectivity index (χ0v) is 16.4. The van der Waals surface area contributed by atoms with Gasteiger partial charge in [0.2, 0.25) is 5.91 Å². The first kappa shape index (κ1) is 19.9. The van der Waals surface area contributed by atoms with Crippen molar-refractivity contribution >= 4 is 11.8 Å². The van der Waals surface area contributed by atoms with Gasteiger partial charge in [-0.25, -0.2) is 0 Å². The van der Waals surface area contributed by atoms with E-state index in [4.69, 9.17) is 4.74 Å². The van der Waals surface area contributed by atoms with E-state index in [-0.39, 0.29) is 17.9 Å². The van der Waals surface area contributed by atoms with Crippen LogP contribution in [0, 0.1) is 0 Å². The van der Waals surface area contributed by atoms with Gasteiger partial charge in [0, 0.05) is 37.8 Å². The van der Waals surface area contributed by atoms with Gasteiger partial charge in [0.05, 0.1) is 13.5 Å². The molecule has 0 saturated carbocycles. The molecule has 1 heterocycles. The maximum atomic E-state index is 12.7. The number of carbonyl (C=O) groups is 2. The molecule has 6 heteroatoms. The van der Waals surface area contributed by atoms with Crippen LogP contribution in [0.5, 0.6) is 5.75 Å². The Bertz CT molecular complexity index is 803. The van der Waals surface area contributed by atoms with Crippen LogP contribution in [-0.4, -0.2) is 49.5 Å². The second-order valence-corrected chi connectivity index (χ2v) is 7.05. The maximum absolute atomic E-state index is 12.7. The zero-order chi connectivity index (χ0) is 19.9. The van der Waals surface area contributed by atoms with Gasteiger partial charge in [-0.2, -0.15) is 0 Å². The first-order valence-electron chi connectivity index (χ1n) is 9.57. The number of amides is 2. The van der Waals surface area contributed by atoms with Crippen molar-refractivity contribution in [1.29, 1.82) is 0 Å². The van der Waals surface area contributed by atoms with Gasteiger partial charge in [0.1, 0.15) is 5.75 Å². The van der Waals surface area contributed by atoms with Gasteiger partial charge in [-0.1, -0.05) is 24.3 Å². The highest BCUT2D eigenvalue weighted by Crippen LogP contribution is 2.13. The number of rotatable bonds is 6. The van der Waals surface area contributed by atoms with Crippen molar-refractivity contribution in [1.82, 2.24) is 15.5 Å². The standard InChI is InChI=1S/C22H27N3O3/c1-16-14-23-11-12-25(16)22(27)19-7-3-18(4-8-19)15-24-21(26)13-17-5-9-20(28-2)10-6-17/h3-10,16,23H,11-15H2,1-2H3,(H,24,26)/t16-/m1/s1. The number of hydrogen-bond donors (Lipinski definition) is 2. The lowest BCUT2D eigenvalue weighted by Gasteiger charge is -2.34. The maximum Gasteiger partial charge on any atom is 0.254 e. The van der Waals surface area contributed by atoms with E-state index >= 15 is 0 Å². The van der Waals surface area contributed by atoms with Crippen molar-refractivity contribution in [3.05, 3.63) is 65.2 Å². The molecule has 1 atom stereocenters. The fourth-order valence-corrected chi connectivity index (χ4v) is 3.27. The van der Waals surface area contributed by atoms with Crippen LogP contribution in [-0.2, 0) is 17.8 Å². The largest absolute Gasteiger partial charge is 0.497 e. The molecule has 2 N–H and O–H groups in total. The number of nitrogens with zero attached hydrogens (tertiary/aromatic N) is 1. The van der Waals surface area contributed by atoms with E-state index in [1.54, 1.807) is 7.11 Å². The van der Waals surface area contributed by atoms with Gasteiger partial charge in [-0.15, -0.1) is 0 Å². The van der Waals surface area contributed by atoms with Gasteiger partial charge < -0.3 is 20.3 Å². The van der Waals surface area contributed by atoms with Crippen LogP contribution in [0.3, 0.4) is 0 Å². The molecule has 2 aromatic carbocycles. The average Bonchev–Trinajstić information content (AvgIpc) is 2.73. The van der Waals surface area contributed by atoms with E-state index in [1.807, 2.05) is 53.4 Å². The van der Waals surface area contributed by atoms with Crippen LogP contribution < -0.4 is 15.4 Å². The minimum atomic E-state index is -0.0417. The summed E-state index contributed by atoms with van der Waals surface area (Å²) in [7, 11) is 1.62. The van der Waals surface area contributed by atoms with Crippen molar-refractivity contribution in [3.63, 3.8) is 0 Å². The summed E-state index contributed by atoms with van der Waals surface area (Å²) in [6.45, 7) is 4.87. The minimum absolute atomic E-state index is 0.0417. The van der Waals surface area contributed by atoms with E-state index in [9.17, 15) is 9.59 Å². The highest BCUT2D eigenvalue weighted by atomic mass is 16.5. The van der Waals surface area contributed by atoms with Gasteiger partial charge in [-0.05, 0) is 42.3 Å². The zero-order valence-electron chi connectivity index (χ0n) is 16.4. The summed E-state index contributed by atoms with van der Waals surface area (Å²) in [6, 6.07) is 15.1. The first-order chi connectivity index (χ1) is 13.6. The Kier molecular flexibility index (Phi) is 6.66. The molecule has 1 fully saturated rings. The number of piperazine rings is 1. The molecule has 3 rings (SSSR count). The van der Waals surface area contributed by atoms with Crippen LogP contribution in [0.2, 0.25) is 0 Å². The van der Waals surface area contributed by atoms with Crippen LogP contribution in [0.25, 0.3) is 0 Å². The molecule has 1 aliphatic rings. The number of ether oxygens (including phenoxy) is 1. The molecule has 6 nitrogen and oxygen atoms in total. The molecule has 2 aromatic rings. The highest BCUT2D eigenvalue weighted by molar-refractivity contribution is 5.94. The van der Waals surface area contributed by atoms with Crippen LogP contribution >= 0.6 is 0 Å². The summed E-state index contributed by atoms with van der Waals surface area (Å²) in [4.78, 5) is 26.7. The summed E-state index contributed by atoms with van der Waals surface area (Å²) in [5, 5.41) is 6.21. The number of carbonyl (C=O) groups excluding carboxylic acids is 2. The van der Waals surface area contributed by atoms with Crippen molar-refractivity contribution in [2.24, 2.45) is 0 Å². The predicted octanol–water partition coefficient (Wildman–Crippen LogP) is 1.99. The Labute approximate surface area is 165 Å². The van der Waals surface area contributed by atoms with E-state index in [1.165, 1.54) is 0 Å². The van der Waals surface area contributed by atoms with Crippen LogP contribution in [0.4, 0.5) is 0 Å². The van der Waals surface area contributed by atoms with E-state index in [2.05, 4.69) is 17.6 Å². The third kappa shape index (κ3) is 5.10. The quantitative estimate of drug-likeness (QED) is 0.803. The van der Waals surface area contributed by atoms with Gasteiger partial charge in [-0.3, -0.25) is 9.59 Å². The number of methoxy groups -OCH3 is 1. The van der Waals surface area contributed by atoms with E-state index < -0.39 is 0 Å². The molecule has 1 saturated heterocycles. The summed E-state index contributed by atoms with van der Waals surface area (Å²) in [5.41, 5.74) is 2.58. The molecular formula is C22H27N3O3. The predicted molar refractivity (Wildman–Crippen MR) is 108 cm³/mol. The van der Waals surface area contributed by atoms with E-state index in [0.717, 1.165) is 36.5 Å². The molecule has 1 aliphatic heterocycles. The Morgan fingerprint density at radius 3 is 2.43 bits per heavy atom. The molecule has 0 aliphatic carbocycles. The molecule has 2 amide bonds. The fraction of sp³-hybridized carbons (Fsp3) is 0.364. The number of benzene rings is 2. The fourth-order valence-electron chi connectivity index (χ4n) is 3.27. The SMILES string of the molecule is COc1ccc(CC(=O)NCc2ccc(C(=O)N3CCNC[C@H]3C)cc2)cc1. The lowest BCUT2D eigenvalue weighted by molar-refractivity contribution is -0.120. The Morgan fingerprint density at radius 2 is 1.79 bits per heavy atom. The molecule has 0 aromatic heterocycles. The summed E-state index contributed by atoms with van der Waals surface area (Å²) in [5.74, 6) is 0.790. The topological polar surface area (TPSA) is 70.7 Å². The lowest BCUT2D eigenvalue weighted by Crippen LogP contribution is -2.52. The van der Waals surface area contributed by atoms with Crippen LogP contribution in [0.1, 0.15) is 28.4 Å². The summed E-state index contributed by atoms with van der Waals surface area (Å²) >= 11 is 0. The minimum Gasteiger partial charge on any atom is -0.497 e. The third-order valence-electron chi connectivity index (χ3n) is 4.98. The normalized spacial score (nSPS) is 16.5. The Morgan fingerprint density at radius 1 is 1.11 bits per heavy atom. The highest BCUT2D eigenvalue weighted by Gasteiger charge is 2.23. The van der Waals surface area contributed by atoms with Gasteiger partial charge >= 0.3 is 0 Å². The van der Waals surface area contributed by atoms with Crippen LogP contribution in [0.15, 0.2) is 48.5 Å². The number of nitrogens with one attached hydrogen (secondary N) is 2. The molecular weight excluding hydrogens is 354 g/mol. The van der Waals surface area contributed by atoms with Crippen molar-refractivity contribution in [2.45, 2.75) is 25.9 Å². The van der Waals surface area contributed by atoms with Crippen molar-refractivity contribution in [3.8, 4) is 5.75 Å². The van der Waals surface area contributed by atoms with Crippen molar-refractivity contribution in [2.75, 3.05) is 26.7 Å². The Balaban J connectivity index is 1.50. The van der Waals surface area contributed by atoms with Crippen molar-refractivity contribution < 1.29 is 14.3 Å². The van der Waals surface area contributed by atoms with E-state index in [0.29, 0.717) is 18.5 Å². The molecule has 0 unspecified atom stereocenters. The van der Waals surface area contributed by atoms with Gasteiger partial charge in [0.25, 0.3) is 5.91 Å². The number of hydrogen-bond acceptors (Lipinski definition) is 4. The molecule has 0 bridgehead atoms. The summed E-state index contributed by atoms with van der Waals surface area (Å²) in [6.07, 6.45) is 0.321. The third-order valence-corrected chi connectivity index (χ3v) is 4.98. The summed E-state index contributed by atoms with van der Waals surface area (Å²) < 4.78 is 5.12. The molecule has 148 valence electrons. The molecule has 28 heavy (non-hydrogen) atoms. The molecule has 0 radical (unpaired) electrons. The Hall–Kier alpha value is -2.86. The van der Waals surface area contributed by atoms with Gasteiger partial charge in [0.15, 0.2) is 0 Å². The monoisotopic (exact) mass is 381 g/mol. The lowest BCUT2D eigenvalue weighted by atomic mass is 10.1. The average molecular weight is 381 g/mol.